The van der Waals surface area contributed by atoms with E-state index in [4.69, 9.17) is 0 Å². The highest BCUT2D eigenvalue weighted by atomic mass is 127. The molecule has 0 heterocycles. The summed E-state index contributed by atoms with van der Waals surface area (Å²) in [5, 5.41) is 6.89. The molecule has 0 unspecified atom stereocenters. The second-order valence-corrected chi connectivity index (χ2v) is 4.69. The van der Waals surface area contributed by atoms with Crippen LogP contribution >= 0.6 is 24.0 Å². The smallest absolute Gasteiger partial charge is 0.191 e. The molecule has 3 nitrogen and oxygen atoms in total. The summed E-state index contributed by atoms with van der Waals surface area (Å²) >= 11 is 0. The van der Waals surface area contributed by atoms with E-state index in [9.17, 15) is 0 Å². The van der Waals surface area contributed by atoms with Crippen LogP contribution in [-0.4, -0.2) is 25.6 Å². The molecule has 0 amide bonds. The van der Waals surface area contributed by atoms with Gasteiger partial charge >= 0.3 is 0 Å². The quantitative estimate of drug-likeness (QED) is 0.333. The molecular formula is C13H28IN3. The van der Waals surface area contributed by atoms with E-state index in [0.29, 0.717) is 6.04 Å². The van der Waals surface area contributed by atoms with Crippen LogP contribution in [0.2, 0.25) is 0 Å². The highest BCUT2D eigenvalue weighted by Gasteiger charge is 2.15. The molecule has 1 rings (SSSR count). The lowest BCUT2D eigenvalue weighted by molar-refractivity contribution is 0.601. The molecular weight excluding hydrogens is 325 g/mol. The van der Waals surface area contributed by atoms with Crippen molar-refractivity contribution in [1.82, 2.24) is 10.6 Å². The largest absolute Gasteiger partial charge is 0.356 e. The van der Waals surface area contributed by atoms with Crippen molar-refractivity contribution < 1.29 is 0 Å². The van der Waals surface area contributed by atoms with Crippen LogP contribution in [0.15, 0.2) is 4.99 Å². The lowest BCUT2D eigenvalue weighted by Crippen LogP contribution is -2.42. The van der Waals surface area contributed by atoms with Crippen LogP contribution < -0.4 is 10.6 Å². The normalized spacial score (nSPS) is 16.7. The van der Waals surface area contributed by atoms with E-state index in [1.807, 2.05) is 7.05 Å². The highest BCUT2D eigenvalue weighted by Crippen LogP contribution is 2.17. The monoisotopic (exact) mass is 353 g/mol. The highest BCUT2D eigenvalue weighted by molar-refractivity contribution is 14.0. The van der Waals surface area contributed by atoms with Gasteiger partial charge in [0.05, 0.1) is 0 Å². The molecule has 0 radical (unpaired) electrons. The molecule has 0 aliphatic heterocycles. The van der Waals surface area contributed by atoms with E-state index in [1.165, 1.54) is 51.4 Å². The molecule has 0 atom stereocenters. The third kappa shape index (κ3) is 7.84. The fraction of sp³-hybridized carbons (Fsp3) is 0.923. The molecule has 4 heteroatoms. The predicted octanol–water partition coefficient (Wildman–Crippen LogP) is 3.29. The number of unbranched alkanes of at least 4 members (excludes halogenated alkanes) is 3. The van der Waals surface area contributed by atoms with Crippen molar-refractivity contribution in [3.05, 3.63) is 0 Å². The first-order valence-electron chi connectivity index (χ1n) is 6.84. The Kier molecular flexibility index (Phi) is 11.1. The van der Waals surface area contributed by atoms with Crippen molar-refractivity contribution in [3.63, 3.8) is 0 Å². The van der Waals surface area contributed by atoms with Crippen molar-refractivity contribution in [1.29, 1.82) is 0 Å². The van der Waals surface area contributed by atoms with Crippen LogP contribution in [-0.2, 0) is 0 Å². The van der Waals surface area contributed by atoms with Crippen molar-refractivity contribution >= 4 is 29.9 Å². The lowest BCUT2D eigenvalue weighted by atomic mass is 10.2. The zero-order valence-electron chi connectivity index (χ0n) is 11.3. The fourth-order valence-electron chi connectivity index (χ4n) is 2.22. The summed E-state index contributed by atoms with van der Waals surface area (Å²) in [4.78, 5) is 4.26. The van der Waals surface area contributed by atoms with Crippen molar-refractivity contribution in [3.8, 4) is 0 Å². The van der Waals surface area contributed by atoms with Gasteiger partial charge in [0.25, 0.3) is 0 Å². The van der Waals surface area contributed by atoms with Gasteiger partial charge in [-0.2, -0.15) is 0 Å². The van der Waals surface area contributed by atoms with E-state index >= 15 is 0 Å². The van der Waals surface area contributed by atoms with Gasteiger partial charge in [-0.3, -0.25) is 4.99 Å². The Bertz CT molecular complexity index is 201. The number of rotatable bonds is 6. The second kappa shape index (κ2) is 11.1. The van der Waals surface area contributed by atoms with Gasteiger partial charge in [-0.15, -0.1) is 24.0 Å². The summed E-state index contributed by atoms with van der Waals surface area (Å²) < 4.78 is 0. The van der Waals surface area contributed by atoms with E-state index in [0.717, 1.165) is 12.5 Å². The molecule has 1 fully saturated rings. The van der Waals surface area contributed by atoms with Gasteiger partial charge in [0.15, 0.2) is 5.96 Å². The second-order valence-electron chi connectivity index (χ2n) is 4.69. The molecule has 0 spiro atoms. The van der Waals surface area contributed by atoms with Crippen molar-refractivity contribution in [2.75, 3.05) is 13.6 Å². The Hall–Kier alpha value is 0. The summed E-state index contributed by atoms with van der Waals surface area (Å²) in [5.74, 6) is 0.989. The zero-order valence-corrected chi connectivity index (χ0v) is 13.6. The minimum atomic E-state index is 0. The van der Waals surface area contributed by atoms with Crippen LogP contribution in [0.1, 0.15) is 58.3 Å². The number of guanidine groups is 1. The van der Waals surface area contributed by atoms with Gasteiger partial charge in [-0.25, -0.2) is 0 Å². The molecule has 17 heavy (non-hydrogen) atoms. The first kappa shape index (κ1) is 17.0. The van der Waals surface area contributed by atoms with E-state index in [2.05, 4.69) is 22.5 Å². The number of nitrogens with one attached hydrogen (secondary N) is 2. The van der Waals surface area contributed by atoms with Gasteiger partial charge < -0.3 is 10.6 Å². The van der Waals surface area contributed by atoms with Crippen molar-refractivity contribution in [2.24, 2.45) is 4.99 Å². The molecule has 0 aromatic rings. The SMILES string of the molecule is CCCCCCNC(=NC)NC1CCCC1.I. The van der Waals surface area contributed by atoms with Crippen LogP contribution in [0.4, 0.5) is 0 Å². The molecule has 0 aromatic carbocycles. The molecule has 0 aromatic heterocycles. The Morgan fingerprint density at radius 3 is 2.47 bits per heavy atom. The lowest BCUT2D eigenvalue weighted by Gasteiger charge is -2.16. The van der Waals surface area contributed by atoms with E-state index in [1.54, 1.807) is 0 Å². The maximum atomic E-state index is 4.26. The fourth-order valence-corrected chi connectivity index (χ4v) is 2.22. The Balaban J connectivity index is 0.00000256. The summed E-state index contributed by atoms with van der Waals surface area (Å²) in [5.41, 5.74) is 0. The van der Waals surface area contributed by atoms with Crippen molar-refractivity contribution in [2.45, 2.75) is 64.3 Å². The minimum absolute atomic E-state index is 0. The Morgan fingerprint density at radius 1 is 1.18 bits per heavy atom. The Labute approximate surface area is 123 Å². The maximum absolute atomic E-state index is 4.26. The van der Waals surface area contributed by atoms with Gasteiger partial charge in [0.2, 0.25) is 0 Å². The molecule has 1 aliphatic rings. The average molecular weight is 353 g/mol. The summed E-state index contributed by atoms with van der Waals surface area (Å²) in [6.07, 6.45) is 10.6. The van der Waals surface area contributed by atoms with Gasteiger partial charge in [-0.05, 0) is 19.3 Å². The first-order chi connectivity index (χ1) is 7.86. The number of hydrogen-bond donors (Lipinski definition) is 2. The summed E-state index contributed by atoms with van der Waals surface area (Å²) in [7, 11) is 1.86. The van der Waals surface area contributed by atoms with Crippen LogP contribution in [0.25, 0.3) is 0 Å². The topological polar surface area (TPSA) is 36.4 Å². The third-order valence-electron chi connectivity index (χ3n) is 3.24. The standard InChI is InChI=1S/C13H27N3.HI/c1-3-4-5-8-11-15-13(14-2)16-12-9-6-7-10-12;/h12H,3-11H2,1-2H3,(H2,14,15,16);1H. The first-order valence-corrected chi connectivity index (χ1v) is 6.84. The van der Waals surface area contributed by atoms with Gasteiger partial charge in [-0.1, -0.05) is 39.0 Å². The van der Waals surface area contributed by atoms with Crippen LogP contribution in [0.3, 0.4) is 0 Å². The minimum Gasteiger partial charge on any atom is -0.356 e. The zero-order chi connectivity index (χ0) is 11.6. The van der Waals surface area contributed by atoms with E-state index < -0.39 is 0 Å². The molecule has 1 saturated carbocycles. The molecule has 102 valence electrons. The predicted molar refractivity (Wildman–Crippen MR) is 86.3 cm³/mol. The summed E-state index contributed by atoms with van der Waals surface area (Å²) in [6.45, 7) is 3.29. The van der Waals surface area contributed by atoms with Crippen LogP contribution in [0.5, 0.6) is 0 Å². The van der Waals surface area contributed by atoms with Gasteiger partial charge in [0.1, 0.15) is 0 Å². The number of nitrogens with zero attached hydrogens (tertiary/aromatic N) is 1. The maximum Gasteiger partial charge on any atom is 0.191 e. The van der Waals surface area contributed by atoms with Crippen LogP contribution in [0, 0.1) is 0 Å². The average Bonchev–Trinajstić information content (AvgIpc) is 2.80. The molecule has 2 N–H and O–H groups in total. The molecule has 0 saturated heterocycles. The molecule has 1 aliphatic carbocycles. The van der Waals surface area contributed by atoms with Gasteiger partial charge in [0, 0.05) is 19.6 Å². The number of aliphatic imine (C=N–C) groups is 1. The summed E-state index contributed by atoms with van der Waals surface area (Å²) in [6, 6.07) is 0.654. The third-order valence-corrected chi connectivity index (χ3v) is 3.24. The number of hydrogen-bond acceptors (Lipinski definition) is 1. The molecule has 0 bridgehead atoms. The van der Waals surface area contributed by atoms with E-state index in [-0.39, 0.29) is 24.0 Å². The Morgan fingerprint density at radius 2 is 1.88 bits per heavy atom. The number of halogens is 1.